The van der Waals surface area contributed by atoms with Gasteiger partial charge in [0.1, 0.15) is 0 Å². The molecule has 2 atom stereocenters. The van der Waals surface area contributed by atoms with E-state index in [1.165, 1.54) is 19.3 Å². The average molecular weight is 242 g/mol. The molecule has 0 aromatic carbocycles. The molecule has 4 nitrogen and oxygen atoms in total. The van der Waals surface area contributed by atoms with E-state index in [1.54, 1.807) is 7.11 Å². The van der Waals surface area contributed by atoms with E-state index in [0.29, 0.717) is 6.04 Å². The lowest BCUT2D eigenvalue weighted by atomic mass is 9.99. The van der Waals surface area contributed by atoms with Gasteiger partial charge in [0.15, 0.2) is 0 Å². The fourth-order valence-corrected chi connectivity index (χ4v) is 3.10. The monoisotopic (exact) mass is 242 g/mol. The third kappa shape index (κ3) is 2.99. The highest BCUT2D eigenvalue weighted by Crippen LogP contribution is 2.38. The molecule has 2 aliphatic carbocycles. The standard InChI is InChI=1S/C13H26N2O2/c1-14-13(10-16)6-5-12(9-13)15(7-8-17-2)11-3-4-11/h11-12,14,16H,3-10H2,1-2H3. The van der Waals surface area contributed by atoms with Crippen LogP contribution in [0.5, 0.6) is 0 Å². The molecular formula is C13H26N2O2. The van der Waals surface area contributed by atoms with Crippen LogP contribution in [0.2, 0.25) is 0 Å². The number of nitrogens with one attached hydrogen (secondary N) is 1. The van der Waals surface area contributed by atoms with Gasteiger partial charge in [0.2, 0.25) is 0 Å². The summed E-state index contributed by atoms with van der Waals surface area (Å²) in [6, 6.07) is 1.40. The maximum atomic E-state index is 9.54. The van der Waals surface area contributed by atoms with Gasteiger partial charge in [-0.15, -0.1) is 0 Å². The molecule has 0 bridgehead atoms. The molecule has 2 rings (SSSR count). The molecule has 2 fully saturated rings. The van der Waals surface area contributed by atoms with E-state index in [9.17, 15) is 5.11 Å². The predicted octanol–water partition coefficient (Wildman–Crippen LogP) is 0.600. The molecule has 0 aliphatic heterocycles. The Balaban J connectivity index is 1.92. The van der Waals surface area contributed by atoms with Crippen LogP contribution in [0.4, 0.5) is 0 Å². The molecule has 0 radical (unpaired) electrons. The molecular weight excluding hydrogens is 216 g/mol. The van der Waals surface area contributed by atoms with Crippen LogP contribution in [0, 0.1) is 0 Å². The van der Waals surface area contributed by atoms with Crippen molar-refractivity contribution < 1.29 is 9.84 Å². The Labute approximate surface area is 104 Å². The second kappa shape index (κ2) is 5.65. The van der Waals surface area contributed by atoms with Gasteiger partial charge in [0, 0.05) is 31.3 Å². The van der Waals surface area contributed by atoms with Crippen LogP contribution in [0.25, 0.3) is 0 Å². The summed E-state index contributed by atoms with van der Waals surface area (Å²) in [6.45, 7) is 2.11. The second-order valence-corrected chi connectivity index (χ2v) is 5.55. The first-order valence-corrected chi connectivity index (χ1v) is 6.79. The third-order valence-electron chi connectivity index (χ3n) is 4.45. The maximum Gasteiger partial charge on any atom is 0.0613 e. The molecule has 2 saturated carbocycles. The molecule has 2 unspecified atom stereocenters. The van der Waals surface area contributed by atoms with Gasteiger partial charge in [-0.1, -0.05) is 0 Å². The lowest BCUT2D eigenvalue weighted by Gasteiger charge is -2.31. The van der Waals surface area contributed by atoms with Crippen molar-refractivity contribution in [1.82, 2.24) is 10.2 Å². The molecule has 0 spiro atoms. The summed E-state index contributed by atoms with van der Waals surface area (Å²) in [4.78, 5) is 2.61. The van der Waals surface area contributed by atoms with Crippen LogP contribution in [0.1, 0.15) is 32.1 Å². The van der Waals surface area contributed by atoms with E-state index in [0.717, 1.165) is 32.0 Å². The van der Waals surface area contributed by atoms with Crippen molar-refractivity contribution in [3.05, 3.63) is 0 Å². The van der Waals surface area contributed by atoms with Crippen molar-refractivity contribution in [1.29, 1.82) is 0 Å². The number of likely N-dealkylation sites (N-methyl/N-ethyl adjacent to an activating group) is 1. The molecule has 100 valence electrons. The van der Waals surface area contributed by atoms with Gasteiger partial charge < -0.3 is 15.2 Å². The zero-order valence-electron chi connectivity index (χ0n) is 11.1. The number of nitrogens with zero attached hydrogens (tertiary/aromatic N) is 1. The average Bonchev–Trinajstić information content (AvgIpc) is 3.10. The van der Waals surface area contributed by atoms with Gasteiger partial charge in [-0.3, -0.25) is 4.90 Å². The Morgan fingerprint density at radius 3 is 2.59 bits per heavy atom. The molecule has 0 aromatic heterocycles. The van der Waals surface area contributed by atoms with E-state index in [1.807, 2.05) is 7.05 Å². The minimum absolute atomic E-state index is 0.0368. The maximum absolute atomic E-state index is 9.54. The molecule has 0 heterocycles. The first-order valence-electron chi connectivity index (χ1n) is 6.79. The van der Waals surface area contributed by atoms with E-state index in [4.69, 9.17) is 4.74 Å². The van der Waals surface area contributed by atoms with Crippen LogP contribution in [-0.4, -0.2) is 61.5 Å². The number of hydrogen-bond donors (Lipinski definition) is 2. The minimum Gasteiger partial charge on any atom is -0.394 e. The van der Waals surface area contributed by atoms with Gasteiger partial charge >= 0.3 is 0 Å². The number of aliphatic hydroxyl groups is 1. The lowest BCUT2D eigenvalue weighted by molar-refractivity contribution is 0.105. The normalized spacial score (nSPS) is 33.5. The molecule has 2 N–H and O–H groups in total. The topological polar surface area (TPSA) is 44.7 Å². The van der Waals surface area contributed by atoms with Crippen LogP contribution in [-0.2, 0) is 4.74 Å². The highest BCUT2D eigenvalue weighted by atomic mass is 16.5. The fourth-order valence-electron chi connectivity index (χ4n) is 3.10. The summed E-state index contributed by atoms with van der Waals surface area (Å²) in [5.41, 5.74) is -0.0368. The molecule has 0 aromatic rings. The Morgan fingerprint density at radius 1 is 1.35 bits per heavy atom. The number of methoxy groups -OCH3 is 1. The summed E-state index contributed by atoms with van der Waals surface area (Å²) in [5, 5.41) is 12.9. The van der Waals surface area contributed by atoms with Crippen molar-refractivity contribution >= 4 is 0 Å². The fraction of sp³-hybridized carbons (Fsp3) is 1.00. The Bertz CT molecular complexity index is 240. The SMILES string of the molecule is CNC1(CO)CCC(N(CCOC)C2CC2)C1. The molecule has 0 saturated heterocycles. The largest absolute Gasteiger partial charge is 0.394 e. The zero-order valence-corrected chi connectivity index (χ0v) is 11.1. The molecule has 4 heteroatoms. The van der Waals surface area contributed by atoms with E-state index < -0.39 is 0 Å². The Morgan fingerprint density at radius 2 is 2.12 bits per heavy atom. The van der Waals surface area contributed by atoms with Crippen LogP contribution in [0.3, 0.4) is 0 Å². The smallest absolute Gasteiger partial charge is 0.0613 e. The summed E-state index contributed by atoms with van der Waals surface area (Å²) in [6.07, 6.45) is 6.03. The lowest BCUT2D eigenvalue weighted by Crippen LogP contribution is -2.46. The summed E-state index contributed by atoms with van der Waals surface area (Å²) in [5.74, 6) is 0. The highest BCUT2D eigenvalue weighted by Gasteiger charge is 2.43. The van der Waals surface area contributed by atoms with Gasteiger partial charge in [0.25, 0.3) is 0 Å². The first kappa shape index (κ1) is 13.3. The van der Waals surface area contributed by atoms with Crippen molar-refractivity contribution in [3.63, 3.8) is 0 Å². The minimum atomic E-state index is -0.0368. The number of ether oxygens (including phenoxy) is 1. The highest BCUT2D eigenvalue weighted by molar-refractivity contribution is 5.01. The summed E-state index contributed by atoms with van der Waals surface area (Å²) >= 11 is 0. The number of rotatable bonds is 7. The predicted molar refractivity (Wildman–Crippen MR) is 68.1 cm³/mol. The third-order valence-corrected chi connectivity index (χ3v) is 4.45. The summed E-state index contributed by atoms with van der Waals surface area (Å²) in [7, 11) is 3.74. The van der Waals surface area contributed by atoms with E-state index in [-0.39, 0.29) is 12.1 Å². The van der Waals surface area contributed by atoms with Crippen molar-refractivity contribution in [2.24, 2.45) is 0 Å². The Hall–Kier alpha value is -0.160. The van der Waals surface area contributed by atoms with E-state index in [2.05, 4.69) is 10.2 Å². The summed E-state index contributed by atoms with van der Waals surface area (Å²) < 4.78 is 5.21. The van der Waals surface area contributed by atoms with Gasteiger partial charge in [-0.25, -0.2) is 0 Å². The van der Waals surface area contributed by atoms with Crippen LogP contribution < -0.4 is 5.32 Å². The van der Waals surface area contributed by atoms with Crippen molar-refractivity contribution in [2.75, 3.05) is 33.9 Å². The van der Waals surface area contributed by atoms with Gasteiger partial charge in [-0.05, 0) is 39.2 Å². The molecule has 0 amide bonds. The number of aliphatic hydroxyl groups excluding tert-OH is 1. The van der Waals surface area contributed by atoms with Crippen LogP contribution in [0.15, 0.2) is 0 Å². The van der Waals surface area contributed by atoms with Crippen LogP contribution >= 0.6 is 0 Å². The van der Waals surface area contributed by atoms with Crippen molar-refractivity contribution in [2.45, 2.75) is 49.7 Å². The van der Waals surface area contributed by atoms with Crippen molar-refractivity contribution in [3.8, 4) is 0 Å². The van der Waals surface area contributed by atoms with E-state index >= 15 is 0 Å². The molecule has 2 aliphatic rings. The van der Waals surface area contributed by atoms with Gasteiger partial charge in [0.05, 0.1) is 13.2 Å². The Kier molecular flexibility index (Phi) is 4.42. The second-order valence-electron chi connectivity index (χ2n) is 5.55. The number of hydrogen-bond acceptors (Lipinski definition) is 4. The zero-order chi connectivity index (χ0) is 12.3. The quantitative estimate of drug-likeness (QED) is 0.686. The molecule has 17 heavy (non-hydrogen) atoms. The van der Waals surface area contributed by atoms with Gasteiger partial charge in [-0.2, -0.15) is 0 Å². The first-order chi connectivity index (χ1) is 8.24.